The third-order valence-corrected chi connectivity index (χ3v) is 2.86. The number of aromatic nitrogens is 3. The number of nitrogen functional groups attached to an aromatic ring is 1. The number of rotatable bonds is 2. The average Bonchev–Trinajstić information content (AvgIpc) is 3.08. The Morgan fingerprint density at radius 2 is 2.18 bits per heavy atom. The normalized spacial score (nSPS) is 14.5. The number of nitrogens with zero attached hydrogens (tertiary/aromatic N) is 4. The number of hydrogen-bond acceptors (Lipinski definition) is 4. The van der Waals surface area contributed by atoms with Gasteiger partial charge in [0.2, 0.25) is 0 Å². The van der Waals surface area contributed by atoms with Gasteiger partial charge in [0.05, 0.1) is 11.4 Å². The maximum atomic E-state index is 8.87. The van der Waals surface area contributed by atoms with Crippen molar-refractivity contribution in [3.63, 3.8) is 0 Å². The van der Waals surface area contributed by atoms with Crippen LogP contribution in [0.2, 0.25) is 0 Å². The molecular weight excluding hydrogens is 214 g/mol. The van der Waals surface area contributed by atoms with Gasteiger partial charge < -0.3 is 5.73 Å². The molecular formula is C12H11N5. The minimum absolute atomic E-state index is 0.242. The van der Waals surface area contributed by atoms with Crippen LogP contribution in [-0.4, -0.2) is 14.8 Å². The van der Waals surface area contributed by atoms with Crippen LogP contribution in [0, 0.1) is 11.3 Å². The molecule has 2 N–H and O–H groups in total. The van der Waals surface area contributed by atoms with E-state index >= 15 is 0 Å². The molecule has 5 heteroatoms. The summed E-state index contributed by atoms with van der Waals surface area (Å²) in [5.74, 6) is 1.24. The third kappa shape index (κ3) is 1.74. The molecule has 0 saturated heterocycles. The monoisotopic (exact) mass is 225 g/mol. The molecule has 0 spiro atoms. The second-order valence-electron chi connectivity index (χ2n) is 4.18. The lowest BCUT2D eigenvalue weighted by Gasteiger charge is -2.02. The summed E-state index contributed by atoms with van der Waals surface area (Å²) >= 11 is 0. The zero-order valence-electron chi connectivity index (χ0n) is 9.17. The molecule has 2 aromatic heterocycles. The summed E-state index contributed by atoms with van der Waals surface area (Å²) in [4.78, 5) is 4.17. The average molecular weight is 225 g/mol. The minimum atomic E-state index is 0.242. The fraction of sp³-hybridized carbons (Fsp3) is 0.250. The van der Waals surface area contributed by atoms with Crippen LogP contribution in [0.4, 0.5) is 5.69 Å². The van der Waals surface area contributed by atoms with E-state index in [1.54, 1.807) is 16.8 Å². The van der Waals surface area contributed by atoms with Gasteiger partial charge in [0.25, 0.3) is 0 Å². The van der Waals surface area contributed by atoms with Gasteiger partial charge in [-0.3, -0.25) is 0 Å². The van der Waals surface area contributed by atoms with Gasteiger partial charge in [0.1, 0.15) is 6.07 Å². The van der Waals surface area contributed by atoms with E-state index in [9.17, 15) is 0 Å². The second kappa shape index (κ2) is 3.59. The fourth-order valence-electron chi connectivity index (χ4n) is 1.74. The number of nitrogens with two attached hydrogens (primary N) is 1. The van der Waals surface area contributed by atoms with Gasteiger partial charge in [-0.2, -0.15) is 10.4 Å². The molecule has 0 radical (unpaired) electrons. The highest BCUT2D eigenvalue weighted by atomic mass is 15.3. The number of nitriles is 1. The SMILES string of the molecule is N#Cc1nc(-n2ccc(C3CC3)n2)ccc1N. The summed E-state index contributed by atoms with van der Waals surface area (Å²) in [6.45, 7) is 0. The summed E-state index contributed by atoms with van der Waals surface area (Å²) in [5, 5.41) is 13.3. The van der Waals surface area contributed by atoms with E-state index in [1.165, 1.54) is 12.8 Å². The van der Waals surface area contributed by atoms with Crippen molar-refractivity contribution in [2.45, 2.75) is 18.8 Å². The van der Waals surface area contributed by atoms with E-state index < -0.39 is 0 Å². The molecule has 1 aliphatic rings. The Bertz CT molecular complexity index is 604. The largest absolute Gasteiger partial charge is 0.396 e. The molecule has 17 heavy (non-hydrogen) atoms. The summed E-state index contributed by atoms with van der Waals surface area (Å²) in [5.41, 5.74) is 7.36. The molecule has 0 unspecified atom stereocenters. The molecule has 2 aromatic rings. The number of hydrogen-bond donors (Lipinski definition) is 1. The van der Waals surface area contributed by atoms with Crippen molar-refractivity contribution >= 4 is 5.69 Å². The summed E-state index contributed by atoms with van der Waals surface area (Å²) in [7, 11) is 0. The molecule has 0 amide bonds. The summed E-state index contributed by atoms with van der Waals surface area (Å²) in [6, 6.07) is 7.42. The zero-order chi connectivity index (χ0) is 11.8. The van der Waals surface area contributed by atoms with Crippen molar-refractivity contribution in [1.29, 1.82) is 5.26 Å². The first-order chi connectivity index (χ1) is 8.28. The second-order valence-corrected chi connectivity index (χ2v) is 4.18. The standard InChI is InChI=1S/C12H11N5/c13-7-11-9(14)3-4-12(15-11)17-6-5-10(16-17)8-1-2-8/h3-6,8H,1-2,14H2. The molecule has 1 saturated carbocycles. The van der Waals surface area contributed by atoms with E-state index in [4.69, 9.17) is 11.0 Å². The molecule has 1 fully saturated rings. The number of anilines is 1. The van der Waals surface area contributed by atoms with Crippen molar-refractivity contribution in [3.05, 3.63) is 35.8 Å². The van der Waals surface area contributed by atoms with Gasteiger partial charge in [-0.05, 0) is 31.0 Å². The zero-order valence-corrected chi connectivity index (χ0v) is 9.17. The lowest BCUT2D eigenvalue weighted by Crippen LogP contribution is -2.02. The van der Waals surface area contributed by atoms with E-state index in [0.717, 1.165) is 5.69 Å². The lowest BCUT2D eigenvalue weighted by atomic mass is 10.3. The molecule has 2 heterocycles. The van der Waals surface area contributed by atoms with Crippen LogP contribution in [0.1, 0.15) is 30.1 Å². The molecule has 0 aliphatic heterocycles. The fourth-order valence-corrected chi connectivity index (χ4v) is 1.74. The van der Waals surface area contributed by atoms with Crippen molar-refractivity contribution in [2.24, 2.45) is 0 Å². The minimum Gasteiger partial charge on any atom is -0.396 e. The predicted octanol–water partition coefficient (Wildman–Crippen LogP) is 1.60. The quantitative estimate of drug-likeness (QED) is 0.841. The highest BCUT2D eigenvalue weighted by molar-refractivity contribution is 5.51. The van der Waals surface area contributed by atoms with Crippen LogP contribution in [0.3, 0.4) is 0 Å². The van der Waals surface area contributed by atoms with Gasteiger partial charge in [-0.15, -0.1) is 0 Å². The molecule has 84 valence electrons. The summed E-state index contributed by atoms with van der Waals surface area (Å²) in [6.07, 6.45) is 4.30. The van der Waals surface area contributed by atoms with E-state index in [1.807, 2.05) is 18.3 Å². The summed E-state index contributed by atoms with van der Waals surface area (Å²) < 4.78 is 1.69. The Morgan fingerprint density at radius 1 is 1.35 bits per heavy atom. The molecule has 1 aliphatic carbocycles. The highest BCUT2D eigenvalue weighted by Crippen LogP contribution is 2.38. The predicted molar refractivity (Wildman–Crippen MR) is 62.5 cm³/mol. The van der Waals surface area contributed by atoms with Crippen LogP contribution in [0.5, 0.6) is 0 Å². The van der Waals surface area contributed by atoms with Gasteiger partial charge in [-0.25, -0.2) is 9.67 Å². The van der Waals surface area contributed by atoms with Crippen LogP contribution >= 0.6 is 0 Å². The van der Waals surface area contributed by atoms with Gasteiger partial charge in [-0.1, -0.05) is 0 Å². The Morgan fingerprint density at radius 3 is 2.88 bits per heavy atom. The van der Waals surface area contributed by atoms with Crippen LogP contribution in [-0.2, 0) is 0 Å². The van der Waals surface area contributed by atoms with E-state index in [0.29, 0.717) is 17.4 Å². The van der Waals surface area contributed by atoms with Crippen molar-refractivity contribution in [2.75, 3.05) is 5.73 Å². The van der Waals surface area contributed by atoms with Crippen LogP contribution in [0.25, 0.3) is 5.82 Å². The molecule has 0 aromatic carbocycles. The molecule has 5 nitrogen and oxygen atoms in total. The molecule has 0 atom stereocenters. The van der Waals surface area contributed by atoms with Gasteiger partial charge in [0.15, 0.2) is 11.5 Å². The Labute approximate surface area is 98.5 Å². The third-order valence-electron chi connectivity index (χ3n) is 2.86. The Kier molecular flexibility index (Phi) is 2.08. The first kappa shape index (κ1) is 9.85. The highest BCUT2D eigenvalue weighted by Gasteiger charge is 2.25. The van der Waals surface area contributed by atoms with Crippen molar-refractivity contribution in [3.8, 4) is 11.9 Å². The van der Waals surface area contributed by atoms with E-state index in [-0.39, 0.29) is 5.69 Å². The topological polar surface area (TPSA) is 80.5 Å². The van der Waals surface area contributed by atoms with E-state index in [2.05, 4.69) is 10.1 Å². The maximum absolute atomic E-state index is 8.87. The number of pyridine rings is 1. The Balaban J connectivity index is 1.99. The first-order valence-electron chi connectivity index (χ1n) is 5.50. The van der Waals surface area contributed by atoms with Crippen molar-refractivity contribution in [1.82, 2.24) is 14.8 Å². The van der Waals surface area contributed by atoms with Crippen molar-refractivity contribution < 1.29 is 0 Å². The maximum Gasteiger partial charge on any atom is 0.165 e. The van der Waals surface area contributed by atoms with Gasteiger partial charge >= 0.3 is 0 Å². The molecule has 3 rings (SSSR count). The Hall–Kier alpha value is -2.35. The molecule has 0 bridgehead atoms. The first-order valence-corrected chi connectivity index (χ1v) is 5.50. The smallest absolute Gasteiger partial charge is 0.165 e. The lowest BCUT2D eigenvalue weighted by molar-refractivity contribution is 0.811. The van der Waals surface area contributed by atoms with Crippen LogP contribution < -0.4 is 5.73 Å². The van der Waals surface area contributed by atoms with Gasteiger partial charge in [0, 0.05) is 12.1 Å². The van der Waals surface area contributed by atoms with Crippen LogP contribution in [0.15, 0.2) is 24.4 Å².